The molecule has 0 saturated carbocycles. The Balaban J connectivity index is 2.53. The first-order chi connectivity index (χ1) is 7.65. The first kappa shape index (κ1) is 12.4. The number of hydrogen-bond acceptors (Lipinski definition) is 4. The van der Waals surface area contributed by atoms with Crippen LogP contribution in [0.15, 0.2) is 18.2 Å². The highest BCUT2D eigenvalue weighted by molar-refractivity contribution is 5.92. The van der Waals surface area contributed by atoms with E-state index in [2.05, 4.69) is 6.92 Å². The van der Waals surface area contributed by atoms with Gasteiger partial charge in [0.1, 0.15) is 17.1 Å². The van der Waals surface area contributed by atoms with Crippen LogP contribution in [0, 0.1) is 0 Å². The monoisotopic (exact) mass is 224 g/mol. The van der Waals surface area contributed by atoms with Gasteiger partial charge in [0.15, 0.2) is 0 Å². The molecule has 4 heteroatoms. The lowest BCUT2D eigenvalue weighted by molar-refractivity contribution is 0.0495. The number of hydrogen-bond donors (Lipinski definition) is 2. The van der Waals surface area contributed by atoms with Crippen LogP contribution >= 0.6 is 0 Å². The first-order valence-corrected chi connectivity index (χ1v) is 5.34. The van der Waals surface area contributed by atoms with Gasteiger partial charge in [0.05, 0.1) is 6.61 Å². The molecule has 1 aromatic rings. The Morgan fingerprint density at radius 1 is 1.31 bits per heavy atom. The second kappa shape index (κ2) is 6.00. The SMILES string of the molecule is CCCCCOC(=O)c1ccc(O)cc1O. The number of phenolic OH excluding ortho intramolecular Hbond substituents is 2. The molecule has 0 unspecified atom stereocenters. The van der Waals surface area contributed by atoms with Gasteiger partial charge in [-0.2, -0.15) is 0 Å². The van der Waals surface area contributed by atoms with Crippen molar-refractivity contribution in [2.45, 2.75) is 26.2 Å². The molecule has 1 rings (SSSR count). The first-order valence-electron chi connectivity index (χ1n) is 5.34. The average molecular weight is 224 g/mol. The van der Waals surface area contributed by atoms with Crippen molar-refractivity contribution in [3.8, 4) is 11.5 Å². The van der Waals surface area contributed by atoms with Crippen molar-refractivity contribution in [3.05, 3.63) is 23.8 Å². The Morgan fingerprint density at radius 3 is 2.69 bits per heavy atom. The molecule has 0 bridgehead atoms. The minimum absolute atomic E-state index is 0.0781. The van der Waals surface area contributed by atoms with Crippen LogP contribution in [0.2, 0.25) is 0 Å². The molecule has 0 aromatic heterocycles. The Hall–Kier alpha value is -1.71. The van der Waals surface area contributed by atoms with Gasteiger partial charge >= 0.3 is 5.97 Å². The zero-order chi connectivity index (χ0) is 12.0. The summed E-state index contributed by atoms with van der Waals surface area (Å²) in [6.45, 7) is 2.42. The fourth-order valence-electron chi connectivity index (χ4n) is 1.29. The topological polar surface area (TPSA) is 66.8 Å². The largest absolute Gasteiger partial charge is 0.508 e. The minimum atomic E-state index is -0.561. The summed E-state index contributed by atoms with van der Waals surface area (Å²) in [5, 5.41) is 18.5. The highest BCUT2D eigenvalue weighted by atomic mass is 16.5. The Labute approximate surface area is 94.5 Å². The maximum Gasteiger partial charge on any atom is 0.341 e. The third-order valence-electron chi connectivity index (χ3n) is 2.18. The number of aromatic hydroxyl groups is 2. The number of benzene rings is 1. The summed E-state index contributed by atoms with van der Waals surface area (Å²) >= 11 is 0. The van der Waals surface area contributed by atoms with E-state index in [0.717, 1.165) is 25.3 Å². The third-order valence-corrected chi connectivity index (χ3v) is 2.18. The van der Waals surface area contributed by atoms with Gasteiger partial charge in [-0.15, -0.1) is 0 Å². The molecule has 0 fully saturated rings. The summed E-state index contributed by atoms with van der Waals surface area (Å²) in [6, 6.07) is 3.79. The lowest BCUT2D eigenvalue weighted by atomic mass is 10.2. The van der Waals surface area contributed by atoms with Gasteiger partial charge in [0.2, 0.25) is 0 Å². The lowest BCUT2D eigenvalue weighted by Gasteiger charge is -2.06. The lowest BCUT2D eigenvalue weighted by Crippen LogP contribution is -2.06. The van der Waals surface area contributed by atoms with E-state index in [-0.39, 0.29) is 17.1 Å². The Kier molecular flexibility index (Phi) is 4.64. The molecule has 0 atom stereocenters. The minimum Gasteiger partial charge on any atom is -0.508 e. The van der Waals surface area contributed by atoms with E-state index in [4.69, 9.17) is 9.84 Å². The summed E-state index contributed by atoms with van der Waals surface area (Å²) < 4.78 is 4.97. The van der Waals surface area contributed by atoms with E-state index in [9.17, 15) is 9.90 Å². The maximum absolute atomic E-state index is 11.5. The summed E-state index contributed by atoms with van der Waals surface area (Å²) in [5.74, 6) is -0.908. The fraction of sp³-hybridized carbons (Fsp3) is 0.417. The van der Waals surface area contributed by atoms with Crippen LogP contribution in [0.25, 0.3) is 0 Å². The molecular formula is C12H16O4. The molecule has 4 nitrogen and oxygen atoms in total. The highest BCUT2D eigenvalue weighted by Crippen LogP contribution is 2.23. The predicted molar refractivity (Wildman–Crippen MR) is 59.6 cm³/mol. The molecule has 1 aromatic carbocycles. The zero-order valence-electron chi connectivity index (χ0n) is 9.27. The fourth-order valence-corrected chi connectivity index (χ4v) is 1.29. The smallest absolute Gasteiger partial charge is 0.341 e. The predicted octanol–water partition coefficient (Wildman–Crippen LogP) is 2.44. The van der Waals surface area contributed by atoms with Crippen LogP contribution in [0.3, 0.4) is 0 Å². The van der Waals surface area contributed by atoms with Gasteiger partial charge in [-0.3, -0.25) is 0 Å². The van der Waals surface area contributed by atoms with Gasteiger partial charge < -0.3 is 14.9 Å². The van der Waals surface area contributed by atoms with Gasteiger partial charge in [0, 0.05) is 6.07 Å². The van der Waals surface area contributed by atoms with E-state index < -0.39 is 5.97 Å². The van der Waals surface area contributed by atoms with Crippen molar-refractivity contribution >= 4 is 5.97 Å². The molecule has 88 valence electrons. The van der Waals surface area contributed by atoms with Crippen LogP contribution < -0.4 is 0 Å². The molecular weight excluding hydrogens is 208 g/mol. The number of carbonyl (C=O) groups excluding carboxylic acids is 1. The summed E-state index contributed by atoms with van der Waals surface area (Å²) in [5.41, 5.74) is 0.0781. The van der Waals surface area contributed by atoms with E-state index in [1.54, 1.807) is 0 Å². The van der Waals surface area contributed by atoms with Crippen molar-refractivity contribution in [2.24, 2.45) is 0 Å². The van der Waals surface area contributed by atoms with Crippen LogP contribution in [0.5, 0.6) is 11.5 Å². The van der Waals surface area contributed by atoms with Gasteiger partial charge in [-0.25, -0.2) is 4.79 Å². The van der Waals surface area contributed by atoms with Crippen molar-refractivity contribution in [1.82, 2.24) is 0 Å². The van der Waals surface area contributed by atoms with Crippen molar-refractivity contribution < 1.29 is 19.7 Å². The molecule has 0 saturated heterocycles. The summed E-state index contributed by atoms with van der Waals surface area (Å²) in [4.78, 5) is 11.5. The van der Waals surface area contributed by atoms with Crippen molar-refractivity contribution in [1.29, 1.82) is 0 Å². The zero-order valence-corrected chi connectivity index (χ0v) is 9.27. The molecule has 0 aliphatic rings. The molecule has 0 amide bonds. The Morgan fingerprint density at radius 2 is 2.06 bits per heavy atom. The number of phenols is 2. The number of rotatable bonds is 5. The number of ether oxygens (including phenoxy) is 1. The van der Waals surface area contributed by atoms with E-state index in [1.165, 1.54) is 12.1 Å². The van der Waals surface area contributed by atoms with E-state index in [1.807, 2.05) is 0 Å². The molecule has 0 aliphatic heterocycles. The van der Waals surface area contributed by atoms with Crippen LogP contribution in [0.4, 0.5) is 0 Å². The quantitative estimate of drug-likeness (QED) is 0.595. The summed E-state index contributed by atoms with van der Waals surface area (Å²) in [6.07, 6.45) is 2.89. The second-order valence-corrected chi connectivity index (χ2v) is 3.54. The van der Waals surface area contributed by atoms with Crippen LogP contribution in [-0.4, -0.2) is 22.8 Å². The van der Waals surface area contributed by atoms with E-state index >= 15 is 0 Å². The average Bonchev–Trinajstić information content (AvgIpc) is 2.24. The number of unbranched alkanes of at least 4 members (excludes halogenated alkanes) is 2. The normalized spacial score (nSPS) is 10.1. The van der Waals surface area contributed by atoms with Gasteiger partial charge in [-0.1, -0.05) is 19.8 Å². The molecule has 16 heavy (non-hydrogen) atoms. The van der Waals surface area contributed by atoms with Crippen molar-refractivity contribution in [3.63, 3.8) is 0 Å². The van der Waals surface area contributed by atoms with E-state index in [0.29, 0.717) is 6.61 Å². The standard InChI is InChI=1S/C12H16O4/c1-2-3-4-7-16-12(15)10-6-5-9(13)8-11(10)14/h5-6,8,13-14H,2-4,7H2,1H3. The molecule has 0 aliphatic carbocycles. The summed E-state index contributed by atoms with van der Waals surface area (Å²) in [7, 11) is 0. The van der Waals surface area contributed by atoms with Crippen LogP contribution in [-0.2, 0) is 4.74 Å². The Bertz CT molecular complexity index is 360. The van der Waals surface area contributed by atoms with Crippen molar-refractivity contribution in [2.75, 3.05) is 6.61 Å². The molecule has 0 spiro atoms. The maximum atomic E-state index is 11.5. The second-order valence-electron chi connectivity index (χ2n) is 3.54. The highest BCUT2D eigenvalue weighted by Gasteiger charge is 2.12. The molecule has 0 radical (unpaired) electrons. The third kappa shape index (κ3) is 3.46. The number of esters is 1. The van der Waals surface area contributed by atoms with Crippen LogP contribution in [0.1, 0.15) is 36.5 Å². The van der Waals surface area contributed by atoms with Gasteiger partial charge in [0.25, 0.3) is 0 Å². The van der Waals surface area contributed by atoms with Gasteiger partial charge in [-0.05, 0) is 18.6 Å². The molecule has 0 heterocycles. The molecule has 2 N–H and O–H groups in total. The number of carbonyl (C=O) groups is 1.